The molecule has 11 aromatic carbocycles. The molecular weight excluding hydrogens is 2290 g/mol. The minimum absolute atomic E-state index is 0. The van der Waals surface area contributed by atoms with Crippen molar-refractivity contribution >= 4 is 88.3 Å². The number of hydrogen-bond acceptors (Lipinski definition) is 13. The number of carbonyl (C=O) groups excluding carboxylic acids is 4. The number of aliphatic hydroxyl groups excluding tert-OH is 4. The van der Waals surface area contributed by atoms with Crippen LogP contribution < -0.4 is 0 Å². The van der Waals surface area contributed by atoms with Crippen LogP contribution in [-0.4, -0.2) is 68.5 Å². The molecule has 0 unspecified atom stereocenters. The van der Waals surface area contributed by atoms with Gasteiger partial charge in [-0.1, -0.05) is 237 Å². The van der Waals surface area contributed by atoms with Crippen LogP contribution in [0.5, 0.6) is 0 Å². The van der Waals surface area contributed by atoms with Gasteiger partial charge in [-0.3, -0.25) is 34.1 Å². The maximum Gasteiger partial charge on any atom is 0.159 e. The van der Waals surface area contributed by atoms with Gasteiger partial charge in [0.25, 0.3) is 0 Å². The summed E-state index contributed by atoms with van der Waals surface area (Å²) in [5.74, 6) is 1.37. The van der Waals surface area contributed by atoms with Gasteiger partial charge < -0.3 is 30.4 Å². The molecule has 4 aromatic heterocycles. The monoisotopic (exact) mass is 2410 g/mol. The zero-order valence-corrected chi connectivity index (χ0v) is 84.8. The third-order valence-corrected chi connectivity index (χ3v) is 18.6. The molecular formula is C110H113Ir4N5O8-4. The Morgan fingerprint density at radius 2 is 0.945 bits per heavy atom. The smallest absolute Gasteiger partial charge is 0.159 e. The zero-order valence-electron chi connectivity index (χ0n) is 78.2. The van der Waals surface area contributed by atoms with Gasteiger partial charge in [0.1, 0.15) is 0 Å². The van der Waals surface area contributed by atoms with E-state index in [1.165, 1.54) is 126 Å². The number of carbonyl (C=O) groups is 4. The van der Waals surface area contributed by atoms with Gasteiger partial charge in [0.05, 0.1) is 45.3 Å². The number of aliphatic hydroxyl groups is 4. The van der Waals surface area contributed by atoms with Crippen LogP contribution >= 0.6 is 0 Å². The molecule has 0 saturated heterocycles. The molecule has 4 N–H and O–H groups in total. The Kier molecular flexibility index (Phi) is 43.4. The average molecular weight is 2410 g/mol. The van der Waals surface area contributed by atoms with E-state index in [9.17, 15) is 24.3 Å². The van der Waals surface area contributed by atoms with E-state index in [1.807, 2.05) is 133 Å². The van der Waals surface area contributed by atoms with Crippen molar-refractivity contribution in [3.8, 4) is 56.0 Å². The Hall–Kier alpha value is -11.1. The van der Waals surface area contributed by atoms with Gasteiger partial charge in [0.15, 0.2) is 23.1 Å². The van der Waals surface area contributed by atoms with Gasteiger partial charge in [0.2, 0.25) is 0 Å². The Balaban J connectivity index is 0.000000327. The van der Waals surface area contributed by atoms with Crippen molar-refractivity contribution in [2.24, 2.45) is 17.8 Å². The normalized spacial score (nSPS) is 11.4. The second kappa shape index (κ2) is 53.5. The number of aryl methyl sites for hydroxylation is 7. The number of pyridine rings is 3. The molecule has 0 amide bonds. The molecule has 15 aromatic rings. The number of rotatable bonds is 15. The summed E-state index contributed by atoms with van der Waals surface area (Å²) in [5, 5.41) is 43.7. The van der Waals surface area contributed by atoms with Gasteiger partial charge in [-0.2, -0.15) is 0 Å². The number of ketones is 4. The fourth-order valence-electron chi connectivity index (χ4n) is 13.8. The summed E-state index contributed by atoms with van der Waals surface area (Å²) in [7, 11) is 0. The minimum atomic E-state index is -2.16. The number of benzene rings is 11. The summed E-state index contributed by atoms with van der Waals surface area (Å²) in [6.45, 7) is 31.1. The first kappa shape index (κ1) is 103. The van der Waals surface area contributed by atoms with Crippen LogP contribution in [0, 0.1) is 90.4 Å². The molecule has 0 spiro atoms. The predicted octanol–water partition coefficient (Wildman–Crippen LogP) is 27.7. The number of allylic oxidation sites excluding steroid dienone is 8. The van der Waals surface area contributed by atoms with E-state index in [0.717, 1.165) is 106 Å². The first-order valence-electron chi connectivity index (χ1n) is 42.6. The van der Waals surface area contributed by atoms with Crippen molar-refractivity contribution in [2.45, 2.75) is 151 Å². The van der Waals surface area contributed by atoms with Crippen LogP contribution in [0.1, 0.15) is 145 Å². The Labute approximate surface area is 808 Å². The summed E-state index contributed by atoms with van der Waals surface area (Å²) >= 11 is 0. The molecule has 13 nitrogen and oxygen atoms in total. The second-order valence-corrected chi connectivity index (χ2v) is 31.9. The Morgan fingerprint density at radius 1 is 0.417 bits per heavy atom. The van der Waals surface area contributed by atoms with Gasteiger partial charge in [-0.05, 0) is 166 Å². The van der Waals surface area contributed by atoms with Crippen molar-refractivity contribution < 1.29 is 124 Å². The van der Waals surface area contributed by atoms with E-state index in [0.29, 0.717) is 30.6 Å². The van der Waals surface area contributed by atoms with Crippen LogP contribution in [-0.2, 0) is 106 Å². The Morgan fingerprint density at radius 3 is 1.49 bits per heavy atom. The maximum atomic E-state index is 11.2. The fraction of sp³-hybridized carbons (Fsp3) is 0.227. The number of fused-ring (bicyclic) bond motifs is 9. The number of aromatic nitrogens is 5. The van der Waals surface area contributed by atoms with E-state index in [1.54, 1.807) is 6.07 Å². The molecule has 4 heterocycles. The van der Waals surface area contributed by atoms with Crippen molar-refractivity contribution in [3.63, 3.8) is 0 Å². The van der Waals surface area contributed by atoms with Crippen molar-refractivity contribution in [3.05, 3.63) is 353 Å². The van der Waals surface area contributed by atoms with Crippen molar-refractivity contribution in [2.75, 3.05) is 0 Å². The van der Waals surface area contributed by atoms with Gasteiger partial charge in [-0.15, -0.1) is 129 Å². The van der Waals surface area contributed by atoms with E-state index in [-0.39, 0.29) is 132 Å². The van der Waals surface area contributed by atoms with Crippen molar-refractivity contribution in [1.29, 1.82) is 0 Å². The summed E-state index contributed by atoms with van der Waals surface area (Å²) in [4.78, 5) is 64.9. The topological polar surface area (TPSA) is 214 Å². The standard InChI is InChI=1S/C29H19N2.C21H22N.C19H18N.C15H10N.C11H20O2.3C5H8O2.4Ir/c1-19-18-30-28-24-14-12-22(20-8-4-2-5-9-20)16-26(24)27-17-23(21-10-6-3-7-11-21)13-15-25(27)29(28)31-19;1-14(2)10-17-6-5-7-21-19(17)8-9-20(22-21)18-12-15(3)11-16(4)13-18;1-12-7-13(2)10-16(9-12)18-6-5-17-15(4)8-14(3)11-19(17)20-18;1-2-7-13(8-3-1)15-14-9-5-4-6-12(14)10-11-16-15;1-8(2)5-10(12)7-11(13)6-9(3)4;3*1-4(6)3-5(2)7;;;;/h2-13,15-18H,1H3;5-9,11-12,14H,10H2,1-4H3;5-9,11H,1-4H3;1-7,9-11H;7-9,12H,5-6H2,1-4H3;3*3,6H,1-2H3;;;;/q4*-1;;;;;;;;/i;4D3;;;;;;;;;;. The molecule has 0 saturated carbocycles. The molecule has 0 fully saturated rings. The minimum Gasteiger partial charge on any atom is -0.512 e. The molecule has 15 rings (SSSR count). The molecule has 666 valence electrons. The number of hydrogen-bond donors (Lipinski definition) is 4. The second-order valence-electron chi connectivity index (χ2n) is 31.9. The predicted molar refractivity (Wildman–Crippen MR) is 510 cm³/mol. The summed E-state index contributed by atoms with van der Waals surface area (Å²) in [5.41, 5.74) is 22.4. The first-order valence-corrected chi connectivity index (χ1v) is 41.1. The third kappa shape index (κ3) is 34.9. The van der Waals surface area contributed by atoms with Gasteiger partial charge >= 0.3 is 0 Å². The molecule has 0 atom stereocenters. The van der Waals surface area contributed by atoms with Crippen LogP contribution in [0.15, 0.2) is 284 Å². The average Bonchev–Trinajstić information content (AvgIpc) is 0.733. The van der Waals surface area contributed by atoms with E-state index in [4.69, 9.17) is 39.4 Å². The largest absolute Gasteiger partial charge is 0.512 e. The van der Waals surface area contributed by atoms with Crippen LogP contribution in [0.2, 0.25) is 0 Å². The molecule has 0 bridgehead atoms. The van der Waals surface area contributed by atoms with Crippen LogP contribution in [0.4, 0.5) is 0 Å². The third-order valence-electron chi connectivity index (χ3n) is 18.6. The molecule has 0 aliphatic carbocycles. The molecule has 17 heteroatoms. The van der Waals surface area contributed by atoms with E-state index in [2.05, 4.69) is 210 Å². The van der Waals surface area contributed by atoms with E-state index >= 15 is 0 Å². The van der Waals surface area contributed by atoms with Crippen LogP contribution in [0.25, 0.3) is 121 Å². The van der Waals surface area contributed by atoms with Gasteiger partial charge in [0, 0.05) is 150 Å². The summed E-state index contributed by atoms with van der Waals surface area (Å²) in [6, 6.07) is 90.0. The molecule has 0 aliphatic rings. The van der Waals surface area contributed by atoms with Crippen molar-refractivity contribution in [1.82, 2.24) is 24.9 Å². The molecule has 0 aliphatic heterocycles. The first-order chi connectivity index (χ1) is 59.8. The maximum absolute atomic E-state index is 11.2. The SMILES string of the molecule is CC(=O)C=C(C)O.CC(=O)C=C(C)O.CC(=O)C=C(C)O.CC(C)CC(=O)C=C(O)CC(C)C.Cc1[c-]c(-c2ccc3c(C)cc(C)cc3n2)cc(C)c1.Cc1cnc2c3[c-]cc(-c4ccccc4)cc3c3cc(-c4ccccc4)ccc3c2n1.[2H]C([2H])([2H])c1[c-]c(-c2ccc3c(CC(C)C)cccc3n2)cc(C)c1.[Ir].[Ir].[Ir].[Ir].[c-]1ccccc1-c1nccc2ccccc12. The fourth-order valence-corrected chi connectivity index (χ4v) is 13.8. The molecule has 127 heavy (non-hydrogen) atoms. The zero-order chi connectivity index (χ0) is 92.1. The summed E-state index contributed by atoms with van der Waals surface area (Å²) < 4.78 is 22.9. The van der Waals surface area contributed by atoms with Gasteiger partial charge in [-0.25, -0.2) is 0 Å². The molecule has 4 radical (unpaired) electrons. The van der Waals surface area contributed by atoms with Crippen LogP contribution in [0.3, 0.4) is 0 Å². The summed E-state index contributed by atoms with van der Waals surface area (Å²) in [6.07, 6.45) is 10.7. The van der Waals surface area contributed by atoms with E-state index < -0.39 is 6.85 Å². The quantitative estimate of drug-likeness (QED) is 0.0326. The number of nitrogens with zero attached hydrogens (tertiary/aromatic N) is 5. The Bertz CT molecular complexity index is 6350.